The van der Waals surface area contributed by atoms with E-state index < -0.39 is 0 Å². The van der Waals surface area contributed by atoms with Gasteiger partial charge in [-0.05, 0) is 78.0 Å². The Morgan fingerprint density at radius 1 is 0.696 bits per heavy atom. The number of fused-ring (bicyclic) bond motifs is 4. The van der Waals surface area contributed by atoms with Crippen LogP contribution in [0.2, 0.25) is 10.0 Å². The zero-order valence-electron chi connectivity index (χ0n) is 24.1. The summed E-state index contributed by atoms with van der Waals surface area (Å²) in [7, 11) is 0. The number of pyridine rings is 1. The van der Waals surface area contributed by atoms with Gasteiger partial charge in [-0.2, -0.15) is 0 Å². The Balaban J connectivity index is 1.15. The topological polar surface area (TPSA) is 50.3 Å². The number of Topliss-reactive ketones (excluding diaryl/α,β-unsaturated/α-hetero) is 2. The number of halogens is 2. The Hall–Kier alpha value is -4.59. The molecular formula is C38H20Cl2N2O2S2. The average molecular weight is 672 g/mol. The fourth-order valence-electron chi connectivity index (χ4n) is 6.59. The zero-order chi connectivity index (χ0) is 31.3. The van der Waals surface area contributed by atoms with E-state index in [1.807, 2.05) is 19.2 Å². The first-order valence-electron chi connectivity index (χ1n) is 14.6. The van der Waals surface area contributed by atoms with Crippen LogP contribution in [0.25, 0.3) is 47.8 Å². The molecule has 4 heterocycles. The van der Waals surface area contributed by atoms with Crippen LogP contribution in [0, 0.1) is 6.92 Å². The van der Waals surface area contributed by atoms with Gasteiger partial charge in [0, 0.05) is 52.6 Å². The van der Waals surface area contributed by atoms with E-state index in [-0.39, 0.29) is 27.2 Å². The molecule has 8 heteroatoms. The lowest BCUT2D eigenvalue weighted by Crippen LogP contribution is -2.15. The third-order valence-electron chi connectivity index (χ3n) is 8.64. The lowest BCUT2D eigenvalue weighted by molar-refractivity contribution is 0.0990. The molecule has 7 aromatic rings. The normalized spacial score (nSPS) is 13.5. The molecule has 0 atom stereocenters. The van der Waals surface area contributed by atoms with Gasteiger partial charge in [0.05, 0.1) is 33.2 Å². The number of thiophene rings is 2. The van der Waals surface area contributed by atoms with Crippen molar-refractivity contribution in [1.82, 2.24) is 4.98 Å². The maximum absolute atomic E-state index is 13.1. The molecule has 0 radical (unpaired) electrons. The smallest absolute Gasteiger partial charge is 0.197 e. The molecule has 0 saturated carbocycles. The number of nitrogens with zero attached hydrogens (tertiary/aromatic N) is 2. The van der Waals surface area contributed by atoms with Crippen LogP contribution in [-0.2, 0) is 0 Å². The third kappa shape index (κ3) is 4.08. The maximum atomic E-state index is 13.1. The minimum Gasteiger partial charge on any atom is -0.308 e. The summed E-state index contributed by atoms with van der Waals surface area (Å²) in [6, 6.07) is 30.8. The van der Waals surface area contributed by atoms with Gasteiger partial charge >= 0.3 is 0 Å². The molecule has 0 saturated heterocycles. The number of aryl methyl sites for hydroxylation is 1. The van der Waals surface area contributed by atoms with E-state index in [9.17, 15) is 9.59 Å². The Morgan fingerprint density at radius 2 is 1.43 bits per heavy atom. The zero-order valence-corrected chi connectivity index (χ0v) is 27.2. The maximum Gasteiger partial charge on any atom is 0.197 e. The Labute approximate surface area is 281 Å². The molecular weight excluding hydrogens is 651 g/mol. The van der Waals surface area contributed by atoms with Crippen molar-refractivity contribution in [3.05, 3.63) is 135 Å². The van der Waals surface area contributed by atoms with Gasteiger partial charge < -0.3 is 4.90 Å². The van der Waals surface area contributed by atoms with Crippen molar-refractivity contribution in [3.63, 3.8) is 0 Å². The van der Waals surface area contributed by atoms with Crippen molar-refractivity contribution in [2.45, 2.75) is 6.92 Å². The number of carbonyl (C=O) groups is 2. The van der Waals surface area contributed by atoms with Gasteiger partial charge in [0.2, 0.25) is 0 Å². The van der Waals surface area contributed by atoms with E-state index in [4.69, 9.17) is 23.2 Å². The number of hydrogen-bond donors (Lipinski definition) is 0. The lowest BCUT2D eigenvalue weighted by Gasteiger charge is -2.33. The molecule has 0 N–H and O–H groups in total. The Kier molecular flexibility index (Phi) is 6.15. The number of aromatic nitrogens is 1. The molecule has 46 heavy (non-hydrogen) atoms. The Morgan fingerprint density at radius 3 is 2.17 bits per heavy atom. The molecule has 0 spiro atoms. The second-order valence-electron chi connectivity index (χ2n) is 11.4. The Bertz CT molecular complexity index is 2440. The van der Waals surface area contributed by atoms with E-state index in [0.29, 0.717) is 11.1 Å². The molecule has 9 rings (SSSR count). The highest BCUT2D eigenvalue weighted by Crippen LogP contribution is 2.53. The molecule has 0 fully saturated rings. The summed E-state index contributed by atoms with van der Waals surface area (Å²) in [6.45, 7) is 2.03. The van der Waals surface area contributed by atoms with E-state index >= 15 is 0 Å². The average Bonchev–Trinajstić information content (AvgIpc) is 3.70. The predicted molar refractivity (Wildman–Crippen MR) is 192 cm³/mol. The second kappa shape index (κ2) is 10.2. The van der Waals surface area contributed by atoms with Crippen LogP contribution in [0.15, 0.2) is 103 Å². The number of anilines is 3. The summed E-state index contributed by atoms with van der Waals surface area (Å²) in [5.74, 6) is -0.645. The van der Waals surface area contributed by atoms with Gasteiger partial charge in [-0.3, -0.25) is 14.6 Å². The summed E-state index contributed by atoms with van der Waals surface area (Å²) in [6.07, 6.45) is 3.67. The van der Waals surface area contributed by atoms with Gasteiger partial charge in [-0.25, -0.2) is 0 Å². The van der Waals surface area contributed by atoms with Crippen molar-refractivity contribution in [1.29, 1.82) is 0 Å². The van der Waals surface area contributed by atoms with Crippen molar-refractivity contribution in [3.8, 4) is 21.6 Å². The molecule has 220 valence electrons. The first-order chi connectivity index (χ1) is 22.4. The van der Waals surface area contributed by atoms with E-state index in [1.54, 1.807) is 28.7 Å². The van der Waals surface area contributed by atoms with Crippen molar-refractivity contribution < 1.29 is 9.59 Å². The number of ketones is 2. The van der Waals surface area contributed by atoms with Crippen molar-refractivity contribution in [2.75, 3.05) is 4.90 Å². The summed E-state index contributed by atoms with van der Waals surface area (Å²) in [5.41, 5.74) is 8.53. The van der Waals surface area contributed by atoms with Gasteiger partial charge in [0.15, 0.2) is 11.6 Å². The standard InChI is InChI=1S/C38H20Cl2N2O2S2/c1-19-12-25-24-9-5-8-23-22(10-11-31(36(23)24)42(32(25)18-41-19)20-6-3-2-4-7-20)33-17-35-34(46-33)14-21(45-35)13-28-37(43)26-15-29(39)30(40)16-27(26)38(28)44/h2-18H,1H3. The molecule has 3 aromatic heterocycles. The van der Waals surface area contributed by atoms with Gasteiger partial charge in [-0.1, -0.05) is 65.7 Å². The highest BCUT2D eigenvalue weighted by atomic mass is 35.5. The van der Waals surface area contributed by atoms with E-state index in [2.05, 4.69) is 82.7 Å². The minimum atomic E-state index is -0.322. The summed E-state index contributed by atoms with van der Waals surface area (Å²) in [5, 5.41) is 2.91. The third-order valence-corrected chi connectivity index (χ3v) is 11.6. The van der Waals surface area contributed by atoms with Crippen LogP contribution in [-0.4, -0.2) is 16.6 Å². The quantitative estimate of drug-likeness (QED) is 0.139. The highest BCUT2D eigenvalue weighted by Gasteiger charge is 2.34. The number of benzene rings is 4. The van der Waals surface area contributed by atoms with Crippen molar-refractivity contribution >= 4 is 101 Å². The number of rotatable bonds is 3. The predicted octanol–water partition coefficient (Wildman–Crippen LogP) is 11.7. The first-order valence-corrected chi connectivity index (χ1v) is 17.0. The molecule has 2 aliphatic rings. The van der Waals surface area contributed by atoms with Crippen molar-refractivity contribution in [2.24, 2.45) is 0 Å². The van der Waals surface area contributed by atoms with Gasteiger partial charge in [0.1, 0.15) is 0 Å². The van der Waals surface area contributed by atoms with Crippen LogP contribution in [0.4, 0.5) is 17.1 Å². The molecule has 1 aliphatic heterocycles. The fourth-order valence-corrected chi connectivity index (χ4v) is 9.31. The molecule has 0 amide bonds. The van der Waals surface area contributed by atoms with Crippen LogP contribution in [0.5, 0.6) is 0 Å². The second-order valence-corrected chi connectivity index (χ2v) is 14.4. The summed E-state index contributed by atoms with van der Waals surface area (Å²) < 4.78 is 2.21. The minimum absolute atomic E-state index is 0.139. The lowest BCUT2D eigenvalue weighted by atomic mass is 9.89. The van der Waals surface area contributed by atoms with Crippen LogP contribution in [0.1, 0.15) is 31.3 Å². The fraction of sp³-hybridized carbons (Fsp3) is 0.0263. The molecule has 4 aromatic carbocycles. The van der Waals surface area contributed by atoms with Gasteiger partial charge in [0.25, 0.3) is 0 Å². The summed E-state index contributed by atoms with van der Waals surface area (Å²) in [4.78, 5) is 35.2. The SMILES string of the molecule is Cc1cc2c(cn1)N(c1ccccc1)c1ccc(-c3cc4sc(C=C5C(=O)c6cc(Cl)c(Cl)cc6C5=O)cc4s3)c3cccc-2c13. The van der Waals surface area contributed by atoms with Gasteiger partial charge in [-0.15, -0.1) is 22.7 Å². The van der Waals surface area contributed by atoms with E-state index in [0.717, 1.165) is 41.9 Å². The summed E-state index contributed by atoms with van der Waals surface area (Å²) >= 11 is 15.5. The number of allylic oxidation sites excluding steroid dienone is 1. The van der Waals surface area contributed by atoms with E-state index in [1.165, 1.54) is 39.6 Å². The first kappa shape index (κ1) is 27.7. The largest absolute Gasteiger partial charge is 0.308 e. The molecule has 0 bridgehead atoms. The molecule has 4 nitrogen and oxygen atoms in total. The van der Waals surface area contributed by atoms with Crippen LogP contribution < -0.4 is 4.90 Å². The number of para-hydroxylation sites is 1. The molecule has 0 unspecified atom stereocenters. The van der Waals surface area contributed by atoms with Crippen LogP contribution in [0.3, 0.4) is 0 Å². The highest BCUT2D eigenvalue weighted by molar-refractivity contribution is 7.30. The number of hydrogen-bond acceptors (Lipinski definition) is 6. The monoisotopic (exact) mass is 670 g/mol. The van der Waals surface area contributed by atoms with Crippen LogP contribution >= 0.6 is 45.9 Å². The number of carbonyl (C=O) groups excluding carboxylic acids is 2. The molecule has 1 aliphatic carbocycles.